The van der Waals surface area contributed by atoms with E-state index in [9.17, 15) is 4.79 Å². The highest BCUT2D eigenvalue weighted by Crippen LogP contribution is 2.35. The van der Waals surface area contributed by atoms with Crippen LogP contribution in [0.2, 0.25) is 0 Å². The van der Waals surface area contributed by atoms with E-state index < -0.39 is 0 Å². The lowest BCUT2D eigenvalue weighted by Gasteiger charge is -2.19. The molecule has 0 saturated heterocycles. The van der Waals surface area contributed by atoms with Gasteiger partial charge in [-0.15, -0.1) is 0 Å². The zero-order valence-corrected chi connectivity index (χ0v) is 22.2. The minimum atomic E-state index is -0.0463. The third kappa shape index (κ3) is 6.66. The molecular formula is C30H42N2O. The second-order valence-electron chi connectivity index (χ2n) is 10.3. The van der Waals surface area contributed by atoms with E-state index in [0.29, 0.717) is 11.8 Å². The first-order chi connectivity index (χ1) is 15.4. The Morgan fingerprint density at radius 1 is 0.727 bits per heavy atom. The molecule has 2 aromatic rings. The highest BCUT2D eigenvalue weighted by atomic mass is 16.1. The molecule has 0 spiro atoms. The maximum absolute atomic E-state index is 13.3. The highest BCUT2D eigenvalue weighted by molar-refractivity contribution is 6.00. The van der Waals surface area contributed by atoms with E-state index in [-0.39, 0.29) is 17.7 Å². The maximum atomic E-state index is 13.3. The number of nitrogens with zero attached hydrogens (tertiary/aromatic N) is 1. The summed E-state index contributed by atoms with van der Waals surface area (Å²) in [5, 5.41) is 3.12. The van der Waals surface area contributed by atoms with Crippen LogP contribution in [0.4, 0.5) is 5.69 Å². The van der Waals surface area contributed by atoms with E-state index in [1.807, 2.05) is 19.9 Å². The predicted octanol–water partition coefficient (Wildman–Crippen LogP) is 8.61. The zero-order valence-electron chi connectivity index (χ0n) is 22.2. The molecule has 0 saturated carbocycles. The number of allylic oxidation sites excluding steroid dienone is 2. The normalized spacial score (nSPS) is 12.9. The molecule has 2 aromatic carbocycles. The van der Waals surface area contributed by atoms with Crippen molar-refractivity contribution in [2.75, 3.05) is 0 Å². The second kappa shape index (κ2) is 11.4. The molecule has 0 unspecified atom stereocenters. The minimum absolute atomic E-state index is 0.0463. The number of hydrogen-bond acceptors (Lipinski definition) is 2. The average molecular weight is 447 g/mol. The molecule has 0 heterocycles. The molecule has 178 valence electrons. The van der Waals surface area contributed by atoms with Crippen molar-refractivity contribution in [1.29, 1.82) is 0 Å². The molecule has 3 heteroatoms. The highest BCUT2D eigenvalue weighted by Gasteiger charge is 2.20. The number of carbonyl (C=O) groups excluding carboxylic acids is 1. The van der Waals surface area contributed by atoms with E-state index in [1.54, 1.807) is 0 Å². The van der Waals surface area contributed by atoms with E-state index >= 15 is 0 Å². The van der Waals surface area contributed by atoms with E-state index in [4.69, 9.17) is 4.99 Å². The van der Waals surface area contributed by atoms with E-state index in [0.717, 1.165) is 33.8 Å². The smallest absolute Gasteiger partial charge is 0.255 e. The van der Waals surface area contributed by atoms with Crippen molar-refractivity contribution in [2.45, 2.75) is 92.9 Å². The van der Waals surface area contributed by atoms with E-state index in [2.05, 4.69) is 97.1 Å². The Labute approximate surface area is 201 Å². The fourth-order valence-electron chi connectivity index (χ4n) is 4.25. The van der Waals surface area contributed by atoms with Gasteiger partial charge in [0.2, 0.25) is 0 Å². The van der Waals surface area contributed by atoms with Crippen molar-refractivity contribution in [3.8, 4) is 0 Å². The number of rotatable bonds is 8. The quantitative estimate of drug-likeness (QED) is 0.405. The van der Waals surface area contributed by atoms with Crippen LogP contribution in [-0.4, -0.2) is 11.6 Å². The summed E-state index contributed by atoms with van der Waals surface area (Å²) in [6, 6.07) is 12.6. The van der Waals surface area contributed by atoms with Gasteiger partial charge in [-0.25, -0.2) is 0 Å². The molecule has 0 radical (unpaired) electrons. The summed E-state index contributed by atoms with van der Waals surface area (Å²) in [7, 11) is 0. The van der Waals surface area contributed by atoms with Gasteiger partial charge in [0.25, 0.3) is 5.91 Å². The minimum Gasteiger partial charge on any atom is -0.326 e. The van der Waals surface area contributed by atoms with Crippen molar-refractivity contribution >= 4 is 17.3 Å². The molecule has 0 fully saturated rings. The fraction of sp³-hybridized carbons (Fsp3) is 0.467. The summed E-state index contributed by atoms with van der Waals surface area (Å²) in [6.45, 7) is 21.3. The van der Waals surface area contributed by atoms with Gasteiger partial charge in [0.15, 0.2) is 0 Å². The van der Waals surface area contributed by atoms with Crippen LogP contribution in [0.15, 0.2) is 53.2 Å². The van der Waals surface area contributed by atoms with Crippen LogP contribution in [0.25, 0.3) is 0 Å². The molecule has 0 aliphatic rings. The van der Waals surface area contributed by atoms with Crippen LogP contribution < -0.4 is 5.32 Å². The van der Waals surface area contributed by atoms with E-state index in [1.165, 1.54) is 11.1 Å². The molecule has 33 heavy (non-hydrogen) atoms. The molecule has 1 N–H and O–H groups in total. The summed E-state index contributed by atoms with van der Waals surface area (Å²) in [5.74, 6) is 1.29. The maximum Gasteiger partial charge on any atom is 0.255 e. The van der Waals surface area contributed by atoms with Crippen molar-refractivity contribution in [2.24, 2.45) is 4.99 Å². The Morgan fingerprint density at radius 3 is 1.52 bits per heavy atom. The van der Waals surface area contributed by atoms with Gasteiger partial charge in [-0.2, -0.15) is 0 Å². The van der Waals surface area contributed by atoms with Crippen molar-refractivity contribution in [3.63, 3.8) is 0 Å². The summed E-state index contributed by atoms with van der Waals surface area (Å²) in [6.07, 6.45) is 1.96. The van der Waals surface area contributed by atoms with Crippen LogP contribution in [-0.2, 0) is 0 Å². The van der Waals surface area contributed by atoms with Crippen molar-refractivity contribution < 1.29 is 4.79 Å². The van der Waals surface area contributed by atoms with Crippen LogP contribution >= 0.6 is 0 Å². The number of nitrogens with one attached hydrogen (secondary N) is 1. The number of benzene rings is 2. The third-order valence-corrected chi connectivity index (χ3v) is 5.97. The van der Waals surface area contributed by atoms with Gasteiger partial charge < -0.3 is 5.32 Å². The molecule has 3 nitrogen and oxygen atoms in total. The van der Waals surface area contributed by atoms with Crippen LogP contribution in [0.1, 0.15) is 126 Å². The number of para-hydroxylation sites is 1. The van der Waals surface area contributed by atoms with Crippen molar-refractivity contribution in [3.05, 3.63) is 76.0 Å². The Balaban J connectivity index is 2.41. The van der Waals surface area contributed by atoms with Crippen LogP contribution in [0, 0.1) is 0 Å². The molecule has 2 rings (SSSR count). The first kappa shape index (κ1) is 26.6. The Morgan fingerprint density at radius 2 is 1.12 bits per heavy atom. The third-order valence-electron chi connectivity index (χ3n) is 5.97. The van der Waals surface area contributed by atoms with Gasteiger partial charge in [-0.1, -0.05) is 91.8 Å². The summed E-state index contributed by atoms with van der Waals surface area (Å²) < 4.78 is 0. The Bertz CT molecular complexity index is 987. The fourth-order valence-corrected chi connectivity index (χ4v) is 4.25. The molecule has 0 aliphatic heterocycles. The standard InChI is InChI=1S/C30H42N2O/c1-18(2)24-13-11-14-25(19(3)4)28(24)30(33)32-23(10)17-22(9)31-29-26(20(5)6)15-12-16-27(29)21(7)8/h11-21H,1-10H3,(H,32,33). The Hall–Kier alpha value is -2.68. The second-order valence-corrected chi connectivity index (χ2v) is 10.3. The topological polar surface area (TPSA) is 41.5 Å². The van der Waals surface area contributed by atoms with Gasteiger partial charge >= 0.3 is 0 Å². The zero-order chi connectivity index (χ0) is 24.9. The largest absolute Gasteiger partial charge is 0.326 e. The number of aliphatic imine (C=N–C) groups is 1. The molecule has 0 aliphatic carbocycles. The number of amides is 1. The number of carbonyl (C=O) groups is 1. The van der Waals surface area contributed by atoms with Crippen molar-refractivity contribution in [1.82, 2.24) is 5.32 Å². The summed E-state index contributed by atoms with van der Waals surface area (Å²) in [4.78, 5) is 18.3. The van der Waals surface area contributed by atoms with Gasteiger partial charge in [-0.3, -0.25) is 9.79 Å². The van der Waals surface area contributed by atoms with Gasteiger partial charge in [-0.05, 0) is 65.8 Å². The summed E-state index contributed by atoms with van der Waals surface area (Å²) in [5.41, 5.74) is 8.21. The lowest BCUT2D eigenvalue weighted by Crippen LogP contribution is -2.25. The predicted molar refractivity (Wildman–Crippen MR) is 143 cm³/mol. The summed E-state index contributed by atoms with van der Waals surface area (Å²) >= 11 is 0. The SMILES string of the molecule is CC(=CC(C)=Nc1c(C(C)C)cccc1C(C)C)NC(=O)c1c(C(C)C)cccc1C(C)C. The first-order valence-corrected chi connectivity index (χ1v) is 12.2. The first-order valence-electron chi connectivity index (χ1n) is 12.2. The van der Waals surface area contributed by atoms with Crippen LogP contribution in [0.3, 0.4) is 0 Å². The molecule has 0 bridgehead atoms. The molecule has 1 amide bonds. The van der Waals surface area contributed by atoms with Crippen LogP contribution in [0.5, 0.6) is 0 Å². The monoisotopic (exact) mass is 446 g/mol. The lowest BCUT2D eigenvalue weighted by molar-refractivity contribution is 0.0963. The van der Waals surface area contributed by atoms with Gasteiger partial charge in [0.1, 0.15) is 0 Å². The van der Waals surface area contributed by atoms with Gasteiger partial charge in [0, 0.05) is 17.0 Å². The molecular weight excluding hydrogens is 404 g/mol. The molecule has 0 aromatic heterocycles. The lowest BCUT2D eigenvalue weighted by atomic mass is 9.88. The van der Waals surface area contributed by atoms with Gasteiger partial charge in [0.05, 0.1) is 5.69 Å². The molecule has 0 atom stereocenters. The number of hydrogen-bond donors (Lipinski definition) is 1. The Kier molecular flexibility index (Phi) is 9.22. The average Bonchev–Trinajstić information content (AvgIpc) is 2.72.